The van der Waals surface area contributed by atoms with Gasteiger partial charge in [0.2, 0.25) is 0 Å². The van der Waals surface area contributed by atoms with Gasteiger partial charge in [0.25, 0.3) is 0 Å². The lowest BCUT2D eigenvalue weighted by Gasteiger charge is -2.28. The molecule has 2 unspecified atom stereocenters. The van der Waals surface area contributed by atoms with Gasteiger partial charge in [-0.1, -0.05) is 44.0 Å². The van der Waals surface area contributed by atoms with Gasteiger partial charge >= 0.3 is 0 Å². The average Bonchev–Trinajstić information content (AvgIpc) is 3.22. The summed E-state index contributed by atoms with van der Waals surface area (Å²) < 4.78 is 12.6. The Bertz CT molecular complexity index is 1160. The first-order valence-corrected chi connectivity index (χ1v) is 13.8. The molecule has 0 saturated heterocycles. The Kier molecular flexibility index (Phi) is 9.23. The van der Waals surface area contributed by atoms with Crippen LogP contribution >= 0.6 is 11.6 Å². The maximum absolute atomic E-state index is 6.43. The summed E-state index contributed by atoms with van der Waals surface area (Å²) in [6.45, 7) is 8.42. The lowest BCUT2D eigenvalue weighted by molar-refractivity contribution is 0.172. The zero-order valence-electron chi connectivity index (χ0n) is 22.8. The highest BCUT2D eigenvalue weighted by Crippen LogP contribution is 2.44. The second kappa shape index (κ2) is 12.6. The Morgan fingerprint density at radius 3 is 2.57 bits per heavy atom. The number of anilines is 2. The Balaban J connectivity index is 1.56. The van der Waals surface area contributed by atoms with Crippen molar-refractivity contribution in [2.45, 2.75) is 58.7 Å². The maximum Gasteiger partial charge on any atom is 0.129 e. The van der Waals surface area contributed by atoms with E-state index in [4.69, 9.17) is 21.1 Å². The molecule has 1 heterocycles. The molecule has 0 saturated carbocycles. The molecule has 0 amide bonds. The molecule has 0 spiro atoms. The SMILES string of the molecule is CCCCN1c2cc(OC(CC)CCN(C)C)ccc2NC1c1cccc(Oc2cc(C)cc(Cl)c2)c1. The minimum absolute atomic E-state index is 0.0251. The van der Waals surface area contributed by atoms with Crippen molar-refractivity contribution in [1.29, 1.82) is 0 Å². The number of benzene rings is 3. The predicted octanol–water partition coefficient (Wildman–Crippen LogP) is 8.28. The molecule has 3 aromatic carbocycles. The van der Waals surface area contributed by atoms with Crippen molar-refractivity contribution in [2.75, 3.05) is 37.4 Å². The van der Waals surface area contributed by atoms with Crippen molar-refractivity contribution in [3.8, 4) is 17.2 Å². The summed E-state index contributed by atoms with van der Waals surface area (Å²) in [5, 5.41) is 4.42. The first-order chi connectivity index (χ1) is 17.9. The Morgan fingerprint density at radius 1 is 1.00 bits per heavy atom. The van der Waals surface area contributed by atoms with Crippen molar-refractivity contribution in [2.24, 2.45) is 0 Å². The Labute approximate surface area is 227 Å². The fourth-order valence-electron chi connectivity index (χ4n) is 4.74. The summed E-state index contributed by atoms with van der Waals surface area (Å²) in [5.74, 6) is 2.47. The van der Waals surface area contributed by atoms with Crippen LogP contribution in [0.1, 0.15) is 56.8 Å². The Hall–Kier alpha value is -2.89. The van der Waals surface area contributed by atoms with Crippen LogP contribution in [0, 0.1) is 6.92 Å². The fourth-order valence-corrected chi connectivity index (χ4v) is 5.02. The lowest BCUT2D eigenvalue weighted by Crippen LogP contribution is -2.29. The molecule has 0 aliphatic carbocycles. The van der Waals surface area contributed by atoms with Crippen LogP contribution in [0.25, 0.3) is 0 Å². The van der Waals surface area contributed by atoms with Crippen LogP contribution in [0.4, 0.5) is 11.4 Å². The zero-order chi connectivity index (χ0) is 26.4. The number of aryl methyl sites for hydroxylation is 1. The topological polar surface area (TPSA) is 37.0 Å². The van der Waals surface area contributed by atoms with E-state index in [0.717, 1.165) is 72.8 Å². The van der Waals surface area contributed by atoms with Gasteiger partial charge in [0.05, 0.1) is 17.5 Å². The summed E-state index contributed by atoms with van der Waals surface area (Å²) in [5.41, 5.74) is 4.55. The van der Waals surface area contributed by atoms with Gasteiger partial charge in [-0.05, 0) is 93.9 Å². The fraction of sp³-hybridized carbons (Fsp3) is 0.419. The van der Waals surface area contributed by atoms with E-state index in [0.29, 0.717) is 5.02 Å². The van der Waals surface area contributed by atoms with Crippen molar-refractivity contribution in [3.63, 3.8) is 0 Å². The standard InChI is InChI=1S/C31H40ClN3O2/c1-6-8-15-35-30-21-27(36-25(7-2)14-16-34(4)5)12-13-29(30)33-31(35)23-10-9-11-26(19-23)37-28-18-22(3)17-24(32)20-28/h9-13,17-21,25,31,33H,6-8,14-16H2,1-5H3. The van der Waals surface area contributed by atoms with Gasteiger partial charge in [0, 0.05) is 24.2 Å². The van der Waals surface area contributed by atoms with Crippen LogP contribution in [0.3, 0.4) is 0 Å². The van der Waals surface area contributed by atoms with Gasteiger partial charge in [-0.25, -0.2) is 0 Å². The van der Waals surface area contributed by atoms with Crippen LogP contribution in [0.5, 0.6) is 17.2 Å². The molecule has 1 aliphatic heterocycles. The van der Waals surface area contributed by atoms with Crippen LogP contribution in [-0.4, -0.2) is 38.2 Å². The minimum Gasteiger partial charge on any atom is -0.490 e. The van der Waals surface area contributed by atoms with Crippen LogP contribution in [0.15, 0.2) is 60.7 Å². The number of halogens is 1. The summed E-state index contributed by atoms with van der Waals surface area (Å²) in [6, 6.07) is 20.5. The molecule has 0 aromatic heterocycles. The molecular weight excluding hydrogens is 482 g/mol. The van der Waals surface area contributed by atoms with Crippen molar-refractivity contribution in [3.05, 3.63) is 76.8 Å². The predicted molar refractivity (Wildman–Crippen MR) is 156 cm³/mol. The monoisotopic (exact) mass is 521 g/mol. The van der Waals surface area contributed by atoms with E-state index in [1.54, 1.807) is 0 Å². The molecule has 0 bridgehead atoms. The number of nitrogens with one attached hydrogen (secondary N) is 1. The number of hydrogen-bond donors (Lipinski definition) is 1. The third-order valence-corrected chi connectivity index (χ3v) is 6.93. The van der Waals surface area contributed by atoms with E-state index in [1.807, 2.05) is 31.2 Å². The first-order valence-electron chi connectivity index (χ1n) is 13.4. The zero-order valence-corrected chi connectivity index (χ0v) is 23.5. The second-order valence-corrected chi connectivity index (χ2v) is 10.6. The van der Waals surface area contributed by atoms with Crippen molar-refractivity contribution >= 4 is 23.0 Å². The Morgan fingerprint density at radius 2 is 1.84 bits per heavy atom. The van der Waals surface area contributed by atoms with Gasteiger partial charge in [-0.15, -0.1) is 0 Å². The number of hydrogen-bond acceptors (Lipinski definition) is 5. The molecule has 37 heavy (non-hydrogen) atoms. The van der Waals surface area contributed by atoms with Crippen molar-refractivity contribution in [1.82, 2.24) is 4.90 Å². The number of rotatable bonds is 12. The highest BCUT2D eigenvalue weighted by Gasteiger charge is 2.30. The number of fused-ring (bicyclic) bond motifs is 1. The third kappa shape index (κ3) is 7.12. The molecule has 0 fully saturated rings. The van der Waals surface area contributed by atoms with E-state index in [1.165, 1.54) is 5.69 Å². The third-order valence-electron chi connectivity index (χ3n) is 6.72. The number of unbranched alkanes of at least 4 members (excludes halogenated alkanes) is 1. The first kappa shape index (κ1) is 27.2. The average molecular weight is 522 g/mol. The van der Waals surface area contributed by atoms with Gasteiger partial charge in [-0.2, -0.15) is 0 Å². The maximum atomic E-state index is 6.43. The lowest BCUT2D eigenvalue weighted by atomic mass is 10.1. The van der Waals surface area contributed by atoms with Gasteiger partial charge in [0.15, 0.2) is 0 Å². The summed E-state index contributed by atoms with van der Waals surface area (Å²) in [4.78, 5) is 4.66. The smallest absolute Gasteiger partial charge is 0.129 e. The van der Waals surface area contributed by atoms with Gasteiger partial charge in [0.1, 0.15) is 23.4 Å². The highest BCUT2D eigenvalue weighted by atomic mass is 35.5. The van der Waals surface area contributed by atoms with Crippen molar-refractivity contribution < 1.29 is 9.47 Å². The quantitative estimate of drug-likeness (QED) is 0.259. The summed E-state index contributed by atoms with van der Waals surface area (Å²) in [7, 11) is 4.21. The molecule has 4 rings (SSSR count). The molecule has 5 nitrogen and oxygen atoms in total. The van der Waals surface area contributed by atoms with Gasteiger partial charge < -0.3 is 24.6 Å². The van der Waals surface area contributed by atoms with Crippen LogP contribution in [-0.2, 0) is 0 Å². The van der Waals surface area contributed by atoms with Gasteiger partial charge in [-0.3, -0.25) is 0 Å². The van der Waals surface area contributed by atoms with E-state index in [-0.39, 0.29) is 12.3 Å². The molecule has 2 atom stereocenters. The second-order valence-electron chi connectivity index (χ2n) is 10.2. The van der Waals surface area contributed by atoms with E-state index < -0.39 is 0 Å². The highest BCUT2D eigenvalue weighted by molar-refractivity contribution is 6.30. The number of nitrogens with zero attached hydrogens (tertiary/aromatic N) is 2. The van der Waals surface area contributed by atoms with Crippen LogP contribution < -0.4 is 19.7 Å². The minimum atomic E-state index is 0.0251. The molecule has 6 heteroatoms. The van der Waals surface area contributed by atoms with E-state index in [9.17, 15) is 0 Å². The largest absolute Gasteiger partial charge is 0.490 e. The van der Waals surface area contributed by atoms with E-state index in [2.05, 4.69) is 79.5 Å². The molecule has 0 radical (unpaired) electrons. The molecule has 1 N–H and O–H groups in total. The normalized spacial score (nSPS) is 15.4. The molecule has 198 valence electrons. The molecular formula is C31H40ClN3O2. The molecule has 1 aliphatic rings. The van der Waals surface area contributed by atoms with E-state index >= 15 is 0 Å². The summed E-state index contributed by atoms with van der Waals surface area (Å²) >= 11 is 6.25. The summed E-state index contributed by atoms with van der Waals surface area (Å²) in [6.07, 6.45) is 4.48. The van der Waals surface area contributed by atoms with Crippen LogP contribution in [0.2, 0.25) is 5.02 Å². The molecule has 3 aromatic rings. The number of ether oxygens (including phenoxy) is 2.